The van der Waals surface area contributed by atoms with E-state index in [0.717, 1.165) is 37.4 Å². The van der Waals surface area contributed by atoms with Crippen molar-refractivity contribution in [1.29, 1.82) is 0 Å². The Morgan fingerprint density at radius 2 is 1.89 bits per heavy atom. The fourth-order valence-corrected chi connectivity index (χ4v) is 4.55. The number of anilines is 1. The van der Waals surface area contributed by atoms with Gasteiger partial charge in [-0.05, 0) is 25.0 Å². The number of rotatable bonds is 5. The van der Waals surface area contributed by atoms with Gasteiger partial charge >= 0.3 is 11.8 Å². The lowest BCUT2D eigenvalue weighted by Gasteiger charge is -2.47. The molecule has 8 heteroatoms. The molecule has 0 atom stereocenters. The van der Waals surface area contributed by atoms with Crippen molar-refractivity contribution < 1.29 is 19.1 Å². The second kappa shape index (κ2) is 9.43. The number of carbonyl (C=O) groups is 2. The van der Waals surface area contributed by atoms with Gasteiger partial charge < -0.3 is 20.1 Å². The molecule has 0 saturated carbocycles. The monoisotopic (exact) mass is 393 g/mol. The number of para-hydroxylation sites is 2. The van der Waals surface area contributed by atoms with E-state index in [-0.39, 0.29) is 5.54 Å². The second-order valence-electron chi connectivity index (χ2n) is 6.77. The van der Waals surface area contributed by atoms with Crippen LogP contribution in [0.5, 0.6) is 5.75 Å². The highest BCUT2D eigenvalue weighted by Crippen LogP contribution is 2.30. The highest BCUT2D eigenvalue weighted by molar-refractivity contribution is 7.99. The van der Waals surface area contributed by atoms with E-state index >= 15 is 0 Å². The first kappa shape index (κ1) is 20.0. The van der Waals surface area contributed by atoms with Crippen molar-refractivity contribution in [1.82, 2.24) is 10.2 Å². The summed E-state index contributed by atoms with van der Waals surface area (Å²) in [5, 5.41) is 5.48. The molecule has 27 heavy (non-hydrogen) atoms. The molecule has 0 spiro atoms. The number of nitrogens with one attached hydrogen (secondary N) is 2. The third-order valence-corrected chi connectivity index (χ3v) is 6.19. The molecule has 0 unspecified atom stereocenters. The Hall–Kier alpha value is -1.77. The average molecular weight is 394 g/mol. The number of thioether (sulfide) groups is 1. The Morgan fingerprint density at radius 3 is 2.59 bits per heavy atom. The number of amides is 2. The first-order chi connectivity index (χ1) is 13.1. The maximum atomic E-state index is 12.4. The zero-order chi connectivity index (χ0) is 19.1. The summed E-state index contributed by atoms with van der Waals surface area (Å²) in [5.74, 6) is 1.41. The van der Waals surface area contributed by atoms with Crippen molar-refractivity contribution in [3.63, 3.8) is 0 Å². The topological polar surface area (TPSA) is 79.9 Å². The summed E-state index contributed by atoms with van der Waals surface area (Å²) >= 11 is 1.96. The molecule has 3 rings (SSSR count). The molecule has 0 radical (unpaired) electrons. The van der Waals surface area contributed by atoms with E-state index in [0.29, 0.717) is 31.2 Å². The molecule has 2 amide bonds. The first-order valence-electron chi connectivity index (χ1n) is 9.27. The average Bonchev–Trinajstić information content (AvgIpc) is 2.73. The van der Waals surface area contributed by atoms with Gasteiger partial charge in [0, 0.05) is 49.9 Å². The molecule has 0 aromatic heterocycles. The third-order valence-electron chi connectivity index (χ3n) is 5.24. The van der Waals surface area contributed by atoms with E-state index in [1.807, 2.05) is 11.8 Å². The molecule has 0 bridgehead atoms. The van der Waals surface area contributed by atoms with Crippen molar-refractivity contribution in [2.45, 2.75) is 18.4 Å². The lowest BCUT2D eigenvalue weighted by molar-refractivity contribution is -0.136. The standard InChI is InChI=1S/C19H27N3O4S/c1-25-16-5-3-2-4-15(16)21-18(24)17(23)20-14-19(6-10-26-11-7-19)22-8-12-27-13-9-22/h2-5H,6-14H2,1H3,(H,20,23)(H,21,24). The van der Waals surface area contributed by atoms with Gasteiger partial charge in [-0.15, -0.1) is 0 Å². The Bertz CT molecular complexity index is 658. The zero-order valence-electron chi connectivity index (χ0n) is 15.7. The molecule has 1 aromatic rings. The van der Waals surface area contributed by atoms with Crippen molar-refractivity contribution in [3.8, 4) is 5.75 Å². The van der Waals surface area contributed by atoms with E-state index < -0.39 is 11.8 Å². The van der Waals surface area contributed by atoms with Crippen LogP contribution < -0.4 is 15.4 Å². The fraction of sp³-hybridized carbons (Fsp3) is 0.579. The van der Waals surface area contributed by atoms with Crippen LogP contribution in [0.2, 0.25) is 0 Å². The molecular formula is C19H27N3O4S. The number of ether oxygens (including phenoxy) is 2. The van der Waals surface area contributed by atoms with Crippen LogP contribution in [-0.4, -0.2) is 73.7 Å². The van der Waals surface area contributed by atoms with Gasteiger partial charge in [0.1, 0.15) is 5.75 Å². The van der Waals surface area contributed by atoms with Gasteiger partial charge in [-0.25, -0.2) is 0 Å². The summed E-state index contributed by atoms with van der Waals surface area (Å²) < 4.78 is 10.7. The molecule has 7 nitrogen and oxygen atoms in total. The number of carbonyl (C=O) groups excluding carboxylic acids is 2. The van der Waals surface area contributed by atoms with Crippen LogP contribution in [-0.2, 0) is 14.3 Å². The summed E-state index contributed by atoms with van der Waals surface area (Å²) in [6, 6.07) is 7.02. The minimum atomic E-state index is -0.684. The van der Waals surface area contributed by atoms with Gasteiger partial charge in [-0.2, -0.15) is 11.8 Å². The van der Waals surface area contributed by atoms with Gasteiger partial charge in [0.25, 0.3) is 0 Å². The largest absolute Gasteiger partial charge is 0.495 e. The van der Waals surface area contributed by atoms with Gasteiger partial charge in [-0.1, -0.05) is 12.1 Å². The van der Waals surface area contributed by atoms with E-state index in [9.17, 15) is 9.59 Å². The van der Waals surface area contributed by atoms with E-state index in [1.165, 1.54) is 7.11 Å². The SMILES string of the molecule is COc1ccccc1NC(=O)C(=O)NCC1(N2CCSCC2)CCOCC1. The molecule has 2 aliphatic rings. The minimum Gasteiger partial charge on any atom is -0.495 e. The lowest BCUT2D eigenvalue weighted by atomic mass is 9.87. The number of hydrogen-bond acceptors (Lipinski definition) is 6. The smallest absolute Gasteiger partial charge is 0.313 e. The van der Waals surface area contributed by atoms with E-state index in [1.54, 1.807) is 24.3 Å². The van der Waals surface area contributed by atoms with Crippen LogP contribution in [0.3, 0.4) is 0 Å². The van der Waals surface area contributed by atoms with Gasteiger partial charge in [0.15, 0.2) is 0 Å². The fourth-order valence-electron chi connectivity index (χ4n) is 3.65. The lowest BCUT2D eigenvalue weighted by Crippen LogP contribution is -2.61. The maximum Gasteiger partial charge on any atom is 0.313 e. The van der Waals surface area contributed by atoms with Crippen molar-refractivity contribution in [3.05, 3.63) is 24.3 Å². The number of benzene rings is 1. The molecule has 0 aliphatic carbocycles. The second-order valence-corrected chi connectivity index (χ2v) is 8.00. The highest BCUT2D eigenvalue weighted by atomic mass is 32.2. The van der Waals surface area contributed by atoms with Gasteiger partial charge in [0.2, 0.25) is 0 Å². The minimum absolute atomic E-state index is 0.125. The van der Waals surface area contributed by atoms with Crippen molar-refractivity contribution in [2.75, 3.05) is 56.8 Å². The maximum absolute atomic E-state index is 12.4. The Kier molecular flexibility index (Phi) is 6.98. The summed E-state index contributed by atoms with van der Waals surface area (Å²) in [4.78, 5) is 27.2. The van der Waals surface area contributed by atoms with Crippen molar-refractivity contribution in [2.24, 2.45) is 0 Å². The molecule has 2 aliphatic heterocycles. The van der Waals surface area contributed by atoms with Crippen LogP contribution in [0.1, 0.15) is 12.8 Å². The molecule has 148 valence electrons. The predicted molar refractivity (Wildman–Crippen MR) is 106 cm³/mol. The molecule has 2 fully saturated rings. The normalized spacial score (nSPS) is 19.9. The highest BCUT2D eigenvalue weighted by Gasteiger charge is 2.39. The van der Waals surface area contributed by atoms with Crippen LogP contribution >= 0.6 is 11.8 Å². The molecular weight excluding hydrogens is 366 g/mol. The summed E-state index contributed by atoms with van der Waals surface area (Å²) in [6.07, 6.45) is 1.73. The number of hydrogen-bond donors (Lipinski definition) is 2. The number of methoxy groups -OCH3 is 1. The van der Waals surface area contributed by atoms with Crippen molar-refractivity contribution >= 4 is 29.3 Å². The summed E-state index contributed by atoms with van der Waals surface area (Å²) in [6.45, 7) is 3.85. The predicted octanol–water partition coefficient (Wildman–Crippen LogP) is 1.35. The Morgan fingerprint density at radius 1 is 1.19 bits per heavy atom. The van der Waals surface area contributed by atoms with Gasteiger partial charge in [0.05, 0.1) is 12.8 Å². The quantitative estimate of drug-likeness (QED) is 0.735. The molecule has 1 aromatic carbocycles. The van der Waals surface area contributed by atoms with Crippen LogP contribution in [0.25, 0.3) is 0 Å². The molecule has 2 saturated heterocycles. The number of nitrogens with zero attached hydrogens (tertiary/aromatic N) is 1. The zero-order valence-corrected chi connectivity index (χ0v) is 16.5. The molecule has 2 heterocycles. The van der Waals surface area contributed by atoms with Crippen LogP contribution in [0, 0.1) is 0 Å². The van der Waals surface area contributed by atoms with Gasteiger partial charge in [-0.3, -0.25) is 14.5 Å². The Balaban J connectivity index is 1.60. The van der Waals surface area contributed by atoms with E-state index in [4.69, 9.17) is 9.47 Å². The summed E-state index contributed by atoms with van der Waals surface area (Å²) in [5.41, 5.74) is 0.355. The molecule has 2 N–H and O–H groups in total. The summed E-state index contributed by atoms with van der Waals surface area (Å²) in [7, 11) is 1.52. The van der Waals surface area contributed by atoms with Crippen LogP contribution in [0.4, 0.5) is 5.69 Å². The third kappa shape index (κ3) is 4.94. The Labute approximate surface area is 164 Å². The van der Waals surface area contributed by atoms with Crippen LogP contribution in [0.15, 0.2) is 24.3 Å². The van der Waals surface area contributed by atoms with E-state index in [2.05, 4.69) is 15.5 Å². The first-order valence-corrected chi connectivity index (χ1v) is 10.4.